The van der Waals surface area contributed by atoms with Gasteiger partial charge in [-0.1, -0.05) is 0 Å². The summed E-state index contributed by atoms with van der Waals surface area (Å²) in [6, 6.07) is 0. The Morgan fingerprint density at radius 3 is 1.84 bits per heavy atom. The van der Waals surface area contributed by atoms with E-state index < -0.39 is 60.0 Å². The van der Waals surface area contributed by atoms with Gasteiger partial charge in [-0.3, -0.25) is 19.2 Å². The second kappa shape index (κ2) is 8.50. The third kappa shape index (κ3) is 6.18. The molecular weight excluding hydrogens is 360 g/mol. The van der Waals surface area contributed by atoms with Crippen LogP contribution in [0.25, 0.3) is 0 Å². The molecule has 11 heteroatoms. The molecule has 1 aliphatic rings. The first-order valence-electron chi connectivity index (χ1n) is 7.21. The Morgan fingerprint density at radius 2 is 1.40 bits per heavy atom. The molecule has 1 saturated heterocycles. The number of thiol groups is 1. The largest absolute Gasteiger partial charge is 0.463 e. The van der Waals surface area contributed by atoms with Gasteiger partial charge in [-0.25, -0.2) is 0 Å². The maximum absolute atomic E-state index is 11.4. The summed E-state index contributed by atoms with van der Waals surface area (Å²) in [5.74, 6) is -3.03. The van der Waals surface area contributed by atoms with Gasteiger partial charge in [-0.2, -0.15) is 0 Å². The number of carbonyl (C=O) groups excluding carboxylic acids is 4. The average molecular weight is 380 g/mol. The van der Waals surface area contributed by atoms with Crippen LogP contribution >= 0.6 is 12.6 Å². The molecule has 0 saturated carbocycles. The van der Waals surface area contributed by atoms with E-state index in [2.05, 4.69) is 12.6 Å². The van der Waals surface area contributed by atoms with Crippen molar-refractivity contribution >= 4 is 36.5 Å². The van der Waals surface area contributed by atoms with Gasteiger partial charge in [0.15, 0.2) is 12.2 Å². The van der Waals surface area contributed by atoms with Gasteiger partial charge in [-0.05, 0) is 0 Å². The normalized spacial score (nSPS) is 31.6. The van der Waals surface area contributed by atoms with E-state index in [1.165, 1.54) is 0 Å². The zero-order chi connectivity index (χ0) is 19.4. The van der Waals surface area contributed by atoms with Gasteiger partial charge in [-0.15, -0.1) is 12.6 Å². The maximum atomic E-state index is 11.4. The van der Waals surface area contributed by atoms with Gasteiger partial charge in [0.25, 0.3) is 5.12 Å². The van der Waals surface area contributed by atoms with Crippen molar-refractivity contribution in [2.24, 2.45) is 0 Å². The van der Waals surface area contributed by atoms with E-state index in [4.69, 9.17) is 23.7 Å². The van der Waals surface area contributed by atoms with Crippen LogP contribution in [0.2, 0.25) is 0 Å². The lowest BCUT2D eigenvalue weighted by molar-refractivity contribution is -0.311. The average Bonchev–Trinajstić information content (AvgIpc) is 2.42. The standard InChI is InChI=1S/C14H20O10S/c1-6(15)20-5-10-11(21-7(2)16)12(22-8(3)17)13(23-9(4)18)14(19,25)24-10/h10-13,19,25H,5H2,1-4H3/t10-,11-,12+,13-,14?/m1/s1. The molecular formula is C14H20O10S. The van der Waals surface area contributed by atoms with Crippen LogP contribution in [0.15, 0.2) is 0 Å². The summed E-state index contributed by atoms with van der Waals surface area (Å²) in [6.45, 7) is 3.93. The second-order valence-corrected chi connectivity index (χ2v) is 5.94. The molecule has 1 heterocycles. The van der Waals surface area contributed by atoms with Gasteiger partial charge in [0.1, 0.15) is 12.7 Å². The number of hydrogen-bond acceptors (Lipinski definition) is 11. The van der Waals surface area contributed by atoms with Crippen molar-refractivity contribution in [1.82, 2.24) is 0 Å². The molecule has 10 nitrogen and oxygen atoms in total. The lowest BCUT2D eigenvalue weighted by Crippen LogP contribution is -2.66. The van der Waals surface area contributed by atoms with Crippen LogP contribution in [0, 0.1) is 0 Å². The topological polar surface area (TPSA) is 135 Å². The van der Waals surface area contributed by atoms with Gasteiger partial charge in [0.2, 0.25) is 6.10 Å². The highest BCUT2D eigenvalue weighted by Crippen LogP contribution is 2.36. The fraction of sp³-hybridized carbons (Fsp3) is 0.714. The highest BCUT2D eigenvalue weighted by molar-refractivity contribution is 7.81. The zero-order valence-corrected chi connectivity index (χ0v) is 15.0. The fourth-order valence-corrected chi connectivity index (χ4v) is 2.60. The Balaban J connectivity index is 3.24. The van der Waals surface area contributed by atoms with Crippen LogP contribution in [0.4, 0.5) is 0 Å². The molecule has 0 aliphatic carbocycles. The number of rotatable bonds is 5. The number of hydrogen-bond donors (Lipinski definition) is 2. The van der Waals surface area contributed by atoms with Gasteiger partial charge in [0, 0.05) is 27.7 Å². The van der Waals surface area contributed by atoms with Gasteiger partial charge < -0.3 is 28.8 Å². The first kappa shape index (κ1) is 21.2. The van der Waals surface area contributed by atoms with Crippen LogP contribution < -0.4 is 0 Å². The maximum Gasteiger partial charge on any atom is 0.303 e. The summed E-state index contributed by atoms with van der Waals surface area (Å²) < 4.78 is 25.2. The van der Waals surface area contributed by atoms with Crippen molar-refractivity contribution in [3.63, 3.8) is 0 Å². The van der Waals surface area contributed by atoms with Crippen LogP contribution in [-0.4, -0.2) is 65.1 Å². The minimum atomic E-state index is -2.40. The van der Waals surface area contributed by atoms with E-state index in [1.807, 2.05) is 0 Å². The van der Waals surface area contributed by atoms with Crippen LogP contribution in [-0.2, 0) is 42.9 Å². The Hall–Kier alpha value is -1.85. The first-order valence-corrected chi connectivity index (χ1v) is 7.66. The van der Waals surface area contributed by atoms with Crippen molar-refractivity contribution in [2.45, 2.75) is 57.2 Å². The van der Waals surface area contributed by atoms with E-state index >= 15 is 0 Å². The molecule has 1 aliphatic heterocycles. The van der Waals surface area contributed by atoms with E-state index in [0.29, 0.717) is 0 Å². The Morgan fingerprint density at radius 1 is 0.920 bits per heavy atom. The van der Waals surface area contributed by atoms with Gasteiger partial charge >= 0.3 is 23.9 Å². The lowest BCUT2D eigenvalue weighted by Gasteiger charge is -2.46. The summed E-state index contributed by atoms with van der Waals surface area (Å²) in [5, 5.41) is 7.95. The molecule has 1 rings (SSSR count). The Labute approximate surface area is 149 Å². The molecule has 0 spiro atoms. The summed E-state index contributed by atoms with van der Waals surface area (Å²) in [6.07, 6.45) is -5.60. The molecule has 0 aromatic carbocycles. The Bertz CT molecular complexity index is 546. The molecule has 0 aromatic heterocycles. The number of aliphatic hydroxyl groups is 1. The number of esters is 4. The lowest BCUT2D eigenvalue weighted by atomic mass is 9.98. The summed E-state index contributed by atoms with van der Waals surface area (Å²) in [4.78, 5) is 45.2. The second-order valence-electron chi connectivity index (χ2n) is 5.30. The van der Waals surface area contributed by atoms with E-state index in [9.17, 15) is 24.3 Å². The predicted octanol–water partition coefficient (Wildman–Crippen LogP) is -0.681. The molecule has 0 bridgehead atoms. The quantitative estimate of drug-likeness (QED) is 0.273. The summed E-state index contributed by atoms with van der Waals surface area (Å²) in [5.41, 5.74) is 0. The molecule has 25 heavy (non-hydrogen) atoms. The van der Waals surface area contributed by atoms with Crippen molar-refractivity contribution < 1.29 is 48.0 Å². The van der Waals surface area contributed by atoms with Crippen molar-refractivity contribution in [3.8, 4) is 0 Å². The smallest absolute Gasteiger partial charge is 0.303 e. The van der Waals surface area contributed by atoms with E-state index in [1.54, 1.807) is 0 Å². The van der Waals surface area contributed by atoms with Crippen molar-refractivity contribution in [3.05, 3.63) is 0 Å². The van der Waals surface area contributed by atoms with Crippen LogP contribution in [0.5, 0.6) is 0 Å². The van der Waals surface area contributed by atoms with Crippen LogP contribution in [0.1, 0.15) is 27.7 Å². The van der Waals surface area contributed by atoms with Gasteiger partial charge in [0.05, 0.1) is 0 Å². The first-order chi connectivity index (χ1) is 11.4. The molecule has 0 amide bonds. The molecule has 1 fully saturated rings. The molecule has 5 atom stereocenters. The molecule has 0 aromatic rings. The third-order valence-corrected chi connectivity index (χ3v) is 3.39. The van der Waals surface area contributed by atoms with Crippen molar-refractivity contribution in [1.29, 1.82) is 0 Å². The monoisotopic (exact) mass is 380 g/mol. The highest BCUT2D eigenvalue weighted by Gasteiger charge is 2.58. The molecule has 1 unspecified atom stereocenters. The van der Waals surface area contributed by atoms with Crippen molar-refractivity contribution in [2.75, 3.05) is 6.61 Å². The fourth-order valence-electron chi connectivity index (χ4n) is 2.26. The Kier molecular flexibility index (Phi) is 7.20. The zero-order valence-electron chi connectivity index (χ0n) is 14.1. The number of carbonyl (C=O) groups is 4. The molecule has 1 N–H and O–H groups in total. The molecule has 142 valence electrons. The van der Waals surface area contributed by atoms with E-state index in [-0.39, 0.29) is 0 Å². The summed E-state index contributed by atoms with van der Waals surface area (Å²) in [7, 11) is 0. The third-order valence-electron chi connectivity index (χ3n) is 3.03. The SMILES string of the molecule is CC(=O)OC[C@H]1OC(O)(S)[C@H](OC(C)=O)[C@@H](OC(C)=O)[C@@H]1OC(C)=O. The predicted molar refractivity (Wildman–Crippen MR) is 82.1 cm³/mol. The van der Waals surface area contributed by atoms with Crippen LogP contribution in [0.3, 0.4) is 0 Å². The summed E-state index contributed by atoms with van der Waals surface area (Å²) >= 11 is 3.89. The minimum absolute atomic E-state index is 0.430. The highest BCUT2D eigenvalue weighted by atomic mass is 32.1. The minimum Gasteiger partial charge on any atom is -0.463 e. The van der Waals surface area contributed by atoms with E-state index in [0.717, 1.165) is 27.7 Å². The number of ether oxygens (including phenoxy) is 5. The molecule has 0 radical (unpaired) electrons.